The summed E-state index contributed by atoms with van der Waals surface area (Å²) in [6.45, 7) is 1.44. The van der Waals surface area contributed by atoms with E-state index in [1.54, 1.807) is 11.0 Å². The number of fused-ring (bicyclic) bond motifs is 6. The first-order valence-electron chi connectivity index (χ1n) is 15.4. The van der Waals surface area contributed by atoms with Crippen molar-refractivity contribution in [3.8, 4) is 22.6 Å². The Hall–Kier alpha value is -4.82. The van der Waals surface area contributed by atoms with E-state index in [0.29, 0.717) is 10.1 Å². The Morgan fingerprint density at radius 2 is 1.80 bits per heavy atom. The van der Waals surface area contributed by atoms with Gasteiger partial charge in [-0.25, -0.2) is 13.2 Å². The van der Waals surface area contributed by atoms with Crippen LogP contribution in [0.1, 0.15) is 46.3 Å². The van der Waals surface area contributed by atoms with Gasteiger partial charge in [-0.15, -0.1) is 0 Å². The van der Waals surface area contributed by atoms with Crippen LogP contribution in [0.4, 0.5) is 26.3 Å². The molecular weight excluding hydrogens is 692 g/mol. The number of carbonyl (C=O) groups excluding carboxylic acids is 1. The number of likely N-dealkylation sites (tertiary alicyclic amines) is 1. The minimum atomic E-state index is -4.99. The second-order valence-electron chi connectivity index (χ2n) is 12.2. The van der Waals surface area contributed by atoms with Crippen LogP contribution in [0.3, 0.4) is 0 Å². The third kappa shape index (κ3) is 6.94. The van der Waals surface area contributed by atoms with Gasteiger partial charge in [0.15, 0.2) is 0 Å². The molecule has 2 atom stereocenters. The summed E-state index contributed by atoms with van der Waals surface area (Å²) in [6.07, 6.45) is -6.49. The summed E-state index contributed by atoms with van der Waals surface area (Å²) in [4.78, 5) is 41.3. The van der Waals surface area contributed by atoms with Crippen LogP contribution in [0.5, 0.6) is 11.5 Å². The highest BCUT2D eigenvalue weighted by Gasteiger charge is 2.38. The van der Waals surface area contributed by atoms with Gasteiger partial charge in [0, 0.05) is 48.6 Å². The first kappa shape index (κ1) is 35.0. The van der Waals surface area contributed by atoms with Gasteiger partial charge in [0.1, 0.15) is 35.3 Å². The number of alkyl halides is 4. The van der Waals surface area contributed by atoms with E-state index in [2.05, 4.69) is 5.32 Å². The van der Waals surface area contributed by atoms with E-state index in [-0.39, 0.29) is 65.3 Å². The van der Waals surface area contributed by atoms with Crippen molar-refractivity contribution in [2.24, 2.45) is 0 Å². The molecule has 0 aliphatic carbocycles. The minimum absolute atomic E-state index is 0.00608. The molecule has 1 fully saturated rings. The van der Waals surface area contributed by atoms with Gasteiger partial charge >= 0.3 is 12.1 Å². The second-order valence-corrected chi connectivity index (χ2v) is 12.6. The van der Waals surface area contributed by atoms with Crippen molar-refractivity contribution < 1.29 is 45.8 Å². The lowest BCUT2D eigenvalue weighted by Gasteiger charge is -2.34. The zero-order valence-corrected chi connectivity index (χ0v) is 26.9. The topological polar surface area (TPSA) is 101 Å². The number of aromatic nitrogens is 1. The molecular formula is C35H28ClF6N3O5. The summed E-state index contributed by atoms with van der Waals surface area (Å²) < 4.78 is 94.2. The number of carboxylic acid groups (broad SMARTS) is 1. The van der Waals surface area contributed by atoms with Crippen LogP contribution < -0.4 is 15.6 Å². The number of nitrogens with one attached hydrogen (secondary N) is 1. The Bertz CT molecular complexity index is 2060. The molecule has 4 aromatic rings. The van der Waals surface area contributed by atoms with Crippen molar-refractivity contribution in [2.75, 3.05) is 19.6 Å². The lowest BCUT2D eigenvalue weighted by Crippen LogP contribution is -2.49. The third-order valence-corrected chi connectivity index (χ3v) is 9.03. The summed E-state index contributed by atoms with van der Waals surface area (Å²) in [5, 5.41) is 12.4. The number of nitrogens with zero attached hydrogens (tertiary/aromatic N) is 2. The normalized spacial score (nSPS) is 18.1. The number of hydrogen-bond acceptors (Lipinski definition) is 5. The molecule has 50 heavy (non-hydrogen) atoms. The molecule has 0 saturated carbocycles. The molecule has 6 rings (SSSR count). The molecule has 1 aromatic heterocycles. The Morgan fingerprint density at radius 1 is 1.06 bits per heavy atom. The number of aliphatic carboxylic acids is 1. The van der Waals surface area contributed by atoms with E-state index in [9.17, 15) is 37.1 Å². The Morgan fingerprint density at radius 3 is 2.48 bits per heavy atom. The van der Waals surface area contributed by atoms with Crippen molar-refractivity contribution in [3.63, 3.8) is 0 Å². The maximum Gasteiger partial charge on any atom is 0.416 e. The smallest absolute Gasteiger partial charge is 0.416 e. The fraction of sp³-hybridized carbons (Fsp3) is 0.286. The van der Waals surface area contributed by atoms with Gasteiger partial charge in [0.2, 0.25) is 5.91 Å². The average Bonchev–Trinajstić information content (AvgIpc) is 3.02. The quantitative estimate of drug-likeness (QED) is 0.208. The predicted octanol–water partition coefficient (Wildman–Crippen LogP) is 7.00. The van der Waals surface area contributed by atoms with Gasteiger partial charge in [-0.05, 0) is 72.5 Å². The second kappa shape index (κ2) is 13.5. The molecule has 15 heteroatoms. The van der Waals surface area contributed by atoms with Crippen LogP contribution in [0.2, 0.25) is 5.02 Å². The largest absolute Gasteiger partial charge is 0.481 e. The molecule has 4 bridgehead atoms. The molecule has 0 spiro atoms. The van der Waals surface area contributed by atoms with Gasteiger partial charge in [0.25, 0.3) is 5.56 Å². The van der Waals surface area contributed by atoms with Gasteiger partial charge in [-0.3, -0.25) is 23.9 Å². The summed E-state index contributed by atoms with van der Waals surface area (Å²) >= 11 is 6.57. The van der Waals surface area contributed by atoms with Crippen LogP contribution in [-0.4, -0.2) is 52.3 Å². The molecule has 8 nitrogen and oxygen atoms in total. The molecule has 2 N–H and O–H groups in total. The van der Waals surface area contributed by atoms with Gasteiger partial charge in [0.05, 0.1) is 23.0 Å². The van der Waals surface area contributed by atoms with E-state index in [0.717, 1.165) is 18.3 Å². The number of amides is 1. The third-order valence-electron chi connectivity index (χ3n) is 8.71. The standard InChI is InChI=1S/C35H28ClF6N3O5/c1-17-9-19-10-23(32(17)39)27(13-30(47)48)43-34(49)33(22-11-21(5-6-26(22)38)50-28-4-2-3-25(36)31(19)28)45-14-18(7-8-44-15-20(37)16-44)24(12-29(45)46)35(40,41)42/h2-6,9-12,14,20,27,33H,7-8,13,15-16H2,1H3,(H,43,49)(H,47,48)/t27-,33+/m1/s1. The number of benzene rings is 3. The van der Waals surface area contributed by atoms with Gasteiger partial charge in [-0.1, -0.05) is 17.7 Å². The summed E-state index contributed by atoms with van der Waals surface area (Å²) in [5.41, 5.74) is -3.23. The van der Waals surface area contributed by atoms with Gasteiger partial charge in [-0.2, -0.15) is 13.2 Å². The lowest BCUT2D eigenvalue weighted by atomic mass is 9.93. The number of aryl methyl sites for hydroxylation is 1. The summed E-state index contributed by atoms with van der Waals surface area (Å²) in [6, 6.07) is 7.23. The fourth-order valence-electron chi connectivity index (χ4n) is 6.29. The van der Waals surface area contributed by atoms with E-state index in [1.165, 1.54) is 37.3 Å². The minimum Gasteiger partial charge on any atom is -0.481 e. The van der Waals surface area contributed by atoms with E-state index < -0.39 is 76.6 Å². The highest BCUT2D eigenvalue weighted by molar-refractivity contribution is 6.33. The molecule has 2 aliphatic rings. The van der Waals surface area contributed by atoms with Crippen LogP contribution in [0.25, 0.3) is 11.1 Å². The first-order valence-corrected chi connectivity index (χ1v) is 15.8. The molecule has 3 heterocycles. The molecule has 0 radical (unpaired) electrons. The number of carboxylic acids is 1. The maximum absolute atomic E-state index is 15.8. The number of carbonyl (C=O) groups is 2. The maximum atomic E-state index is 15.8. The summed E-state index contributed by atoms with van der Waals surface area (Å²) in [5.74, 6) is -4.54. The van der Waals surface area contributed by atoms with Crippen molar-refractivity contribution >= 4 is 23.5 Å². The predicted molar refractivity (Wildman–Crippen MR) is 170 cm³/mol. The van der Waals surface area contributed by atoms with Crippen LogP contribution in [-0.2, 0) is 22.2 Å². The number of rotatable bonds is 6. The first-order chi connectivity index (χ1) is 23.6. The Labute approximate surface area is 285 Å². The van der Waals surface area contributed by atoms with E-state index in [1.807, 2.05) is 0 Å². The highest BCUT2D eigenvalue weighted by Crippen LogP contribution is 2.42. The molecule has 2 aliphatic heterocycles. The zero-order chi connectivity index (χ0) is 36.1. The van der Waals surface area contributed by atoms with Crippen molar-refractivity contribution in [2.45, 2.75) is 44.2 Å². The van der Waals surface area contributed by atoms with Crippen molar-refractivity contribution in [3.05, 3.63) is 116 Å². The Balaban J connectivity index is 1.58. The Kier molecular flexibility index (Phi) is 9.44. The zero-order valence-electron chi connectivity index (χ0n) is 26.2. The molecule has 1 saturated heterocycles. The van der Waals surface area contributed by atoms with Crippen molar-refractivity contribution in [1.29, 1.82) is 0 Å². The monoisotopic (exact) mass is 719 g/mol. The molecule has 0 unspecified atom stereocenters. The van der Waals surface area contributed by atoms with E-state index in [4.69, 9.17) is 16.3 Å². The SMILES string of the molecule is Cc1cc2cc(c1F)[C@@H](CC(=O)O)NC(=O)[C@@H](n1cc(CCN3CC(F)C3)c(C(F)(F)F)cc1=O)c1cc(ccc1F)Oc1cccc(Cl)c1-2. The lowest BCUT2D eigenvalue weighted by molar-refractivity contribution is -0.139. The van der Waals surface area contributed by atoms with Crippen molar-refractivity contribution in [1.82, 2.24) is 14.8 Å². The van der Waals surface area contributed by atoms with Crippen LogP contribution in [0.15, 0.2) is 65.6 Å². The van der Waals surface area contributed by atoms with Crippen LogP contribution >= 0.6 is 11.6 Å². The van der Waals surface area contributed by atoms with Gasteiger partial charge < -0.3 is 15.2 Å². The highest BCUT2D eigenvalue weighted by atomic mass is 35.5. The summed E-state index contributed by atoms with van der Waals surface area (Å²) in [7, 11) is 0. The molecule has 1 amide bonds. The van der Waals surface area contributed by atoms with E-state index >= 15 is 8.78 Å². The number of hydrogen-bond donors (Lipinski definition) is 2. The number of pyridine rings is 1. The average molecular weight is 720 g/mol. The molecule has 262 valence electrons. The number of halogens is 7. The number of ether oxygens (including phenoxy) is 1. The molecule has 3 aromatic carbocycles. The fourth-order valence-corrected chi connectivity index (χ4v) is 6.57. The van der Waals surface area contributed by atoms with Crippen LogP contribution in [0, 0.1) is 18.6 Å².